The van der Waals surface area contributed by atoms with E-state index in [2.05, 4.69) is 13.8 Å². The van der Waals surface area contributed by atoms with Gasteiger partial charge in [0.1, 0.15) is 0 Å². The average molecular weight is 352 g/mol. The van der Waals surface area contributed by atoms with E-state index in [4.69, 9.17) is 0 Å². The Morgan fingerprint density at radius 3 is 1.86 bits per heavy atom. The molecule has 0 bridgehead atoms. The molecule has 1 atom stereocenters. The zero-order chi connectivity index (χ0) is 16.7. The Balaban J connectivity index is 3.23. The lowest BCUT2D eigenvalue weighted by Gasteiger charge is -2.11. The van der Waals surface area contributed by atoms with Gasteiger partial charge in [0, 0.05) is 11.0 Å². The number of unbranched alkanes of at least 4 members (excludes halogenated alkanes) is 9. The van der Waals surface area contributed by atoms with Gasteiger partial charge < -0.3 is 4.55 Å². The van der Waals surface area contributed by atoms with E-state index < -0.39 is 10.1 Å². The van der Waals surface area contributed by atoms with E-state index in [0.29, 0.717) is 11.7 Å². The highest BCUT2D eigenvalue weighted by Gasteiger charge is 2.03. The van der Waals surface area contributed by atoms with Crippen LogP contribution in [0.4, 0.5) is 0 Å². The molecule has 0 heterocycles. The van der Waals surface area contributed by atoms with E-state index in [9.17, 15) is 13.0 Å². The van der Waals surface area contributed by atoms with Crippen molar-refractivity contribution in [3.8, 4) is 0 Å². The Morgan fingerprint density at radius 1 is 0.864 bits per heavy atom. The van der Waals surface area contributed by atoms with Gasteiger partial charge in [0.25, 0.3) is 0 Å². The molecule has 3 nitrogen and oxygen atoms in total. The Labute approximate surface area is 142 Å². The molecule has 0 saturated carbocycles. The maximum absolute atomic E-state index is 10.5. The fourth-order valence-corrected chi connectivity index (χ4v) is 4.25. The summed E-state index contributed by atoms with van der Waals surface area (Å²) in [4.78, 5) is 0. The molecule has 0 amide bonds. The van der Waals surface area contributed by atoms with Gasteiger partial charge in [-0.1, -0.05) is 78.1 Å². The molecule has 0 radical (unpaired) electrons. The second-order valence-electron chi connectivity index (χ2n) is 6.27. The summed E-state index contributed by atoms with van der Waals surface area (Å²) >= 11 is 1.79. The lowest BCUT2D eigenvalue weighted by molar-refractivity contribution is 0.462. The third kappa shape index (κ3) is 18.3. The van der Waals surface area contributed by atoms with Gasteiger partial charge >= 0.3 is 0 Å². The molecular weight excluding hydrogens is 316 g/mol. The van der Waals surface area contributed by atoms with Crippen LogP contribution in [-0.4, -0.2) is 29.7 Å². The first-order valence-electron chi connectivity index (χ1n) is 9.01. The summed E-state index contributed by atoms with van der Waals surface area (Å²) in [5.74, 6) is 0.561. The highest BCUT2D eigenvalue weighted by atomic mass is 32.2. The molecule has 134 valence electrons. The molecule has 0 fully saturated rings. The lowest BCUT2D eigenvalue weighted by atomic mass is 10.1. The molecule has 0 saturated heterocycles. The molecule has 0 spiro atoms. The van der Waals surface area contributed by atoms with Crippen LogP contribution in [-0.2, 0) is 10.1 Å². The van der Waals surface area contributed by atoms with Crippen LogP contribution >= 0.6 is 11.8 Å². The van der Waals surface area contributed by atoms with Crippen molar-refractivity contribution in [2.75, 3.05) is 11.5 Å². The summed E-state index contributed by atoms with van der Waals surface area (Å²) in [7, 11) is -4.02. The fraction of sp³-hybridized carbons (Fsp3) is 1.00. The summed E-state index contributed by atoms with van der Waals surface area (Å²) in [5.41, 5.74) is 0. The van der Waals surface area contributed by atoms with E-state index in [1.807, 2.05) is 0 Å². The molecule has 0 aliphatic heterocycles. The number of thioether (sulfide) groups is 1. The Hall–Kier alpha value is 0.260. The molecule has 0 aromatic heterocycles. The van der Waals surface area contributed by atoms with Crippen molar-refractivity contribution in [1.29, 1.82) is 0 Å². The minimum absolute atomic E-state index is 0.217. The zero-order valence-electron chi connectivity index (χ0n) is 14.5. The predicted octanol–water partition coefficient (Wildman–Crippen LogP) is 5.35. The van der Waals surface area contributed by atoms with Crippen molar-refractivity contribution in [3.05, 3.63) is 0 Å². The highest BCUT2D eigenvalue weighted by molar-refractivity contribution is 7.99. The molecule has 5 heteroatoms. The third-order valence-corrected chi connectivity index (χ3v) is 6.02. The lowest BCUT2D eigenvalue weighted by Crippen LogP contribution is -2.06. The fourth-order valence-electron chi connectivity index (χ4n) is 2.52. The second-order valence-corrected chi connectivity index (χ2v) is 9.34. The van der Waals surface area contributed by atoms with Crippen LogP contribution in [0.3, 0.4) is 0 Å². The number of hydrogen-bond donors (Lipinski definition) is 0. The van der Waals surface area contributed by atoms with Crippen molar-refractivity contribution in [1.82, 2.24) is 0 Å². The van der Waals surface area contributed by atoms with Gasteiger partial charge in [0.15, 0.2) is 0 Å². The van der Waals surface area contributed by atoms with Gasteiger partial charge in [-0.3, -0.25) is 0 Å². The van der Waals surface area contributed by atoms with E-state index in [1.165, 1.54) is 70.6 Å². The summed E-state index contributed by atoms with van der Waals surface area (Å²) in [6.45, 7) is 4.45. The second kappa shape index (κ2) is 14.8. The number of hydrogen-bond acceptors (Lipinski definition) is 4. The first-order valence-corrected chi connectivity index (χ1v) is 11.6. The molecule has 0 aliphatic rings. The molecule has 0 N–H and O–H groups in total. The van der Waals surface area contributed by atoms with Crippen LogP contribution in [0.1, 0.15) is 90.9 Å². The van der Waals surface area contributed by atoms with Gasteiger partial charge in [-0.15, -0.1) is 0 Å². The minimum atomic E-state index is -4.02. The zero-order valence-corrected chi connectivity index (χ0v) is 16.2. The molecular formula is C17H35O3S2-. The van der Waals surface area contributed by atoms with E-state index in [-0.39, 0.29) is 5.75 Å². The van der Waals surface area contributed by atoms with Crippen LogP contribution in [0.2, 0.25) is 0 Å². The van der Waals surface area contributed by atoms with Crippen LogP contribution in [0.15, 0.2) is 0 Å². The summed E-state index contributed by atoms with van der Waals surface area (Å²) in [6.07, 6.45) is 15.3. The van der Waals surface area contributed by atoms with Crippen LogP contribution < -0.4 is 0 Å². The van der Waals surface area contributed by atoms with Crippen molar-refractivity contribution in [3.63, 3.8) is 0 Å². The first-order chi connectivity index (χ1) is 10.5. The summed E-state index contributed by atoms with van der Waals surface area (Å²) < 4.78 is 31.4. The van der Waals surface area contributed by atoms with Crippen LogP contribution in [0.25, 0.3) is 0 Å². The third-order valence-electron chi connectivity index (χ3n) is 3.91. The maximum Gasteiger partial charge on any atom is 0.0946 e. The minimum Gasteiger partial charge on any atom is -0.748 e. The van der Waals surface area contributed by atoms with Gasteiger partial charge in [0.05, 0.1) is 10.1 Å². The molecule has 0 aliphatic carbocycles. The van der Waals surface area contributed by atoms with E-state index in [0.717, 1.165) is 5.75 Å². The van der Waals surface area contributed by atoms with Crippen LogP contribution in [0, 0.1) is 0 Å². The van der Waals surface area contributed by atoms with Gasteiger partial charge in [-0.05, 0) is 18.6 Å². The molecule has 0 aromatic rings. The monoisotopic (exact) mass is 351 g/mol. The average Bonchev–Trinajstić information content (AvgIpc) is 2.44. The van der Waals surface area contributed by atoms with Crippen molar-refractivity contribution in [2.45, 2.75) is 96.1 Å². The van der Waals surface area contributed by atoms with Gasteiger partial charge in [0.2, 0.25) is 0 Å². The predicted molar refractivity (Wildman–Crippen MR) is 97.6 cm³/mol. The maximum atomic E-state index is 10.5. The number of rotatable bonds is 16. The summed E-state index contributed by atoms with van der Waals surface area (Å²) in [5, 5.41) is 0.573. The van der Waals surface area contributed by atoms with Crippen molar-refractivity contribution >= 4 is 21.9 Å². The Bertz CT molecular complexity index is 329. The van der Waals surface area contributed by atoms with Gasteiger partial charge in [-0.25, -0.2) is 8.42 Å². The standard InChI is InChI=1S/C17H36O3S2/c1-3-4-5-6-7-8-9-10-11-12-14-17(2)21-15-13-16-22(18,19)20/h17H,3-16H2,1-2H3,(H,18,19,20)/p-1. The van der Waals surface area contributed by atoms with Gasteiger partial charge in [-0.2, -0.15) is 11.8 Å². The molecule has 22 heavy (non-hydrogen) atoms. The molecule has 0 rings (SSSR count). The first kappa shape index (κ1) is 22.3. The normalized spacial score (nSPS) is 13.4. The highest BCUT2D eigenvalue weighted by Crippen LogP contribution is 2.19. The largest absolute Gasteiger partial charge is 0.748 e. The van der Waals surface area contributed by atoms with E-state index >= 15 is 0 Å². The van der Waals surface area contributed by atoms with Crippen LogP contribution in [0.5, 0.6) is 0 Å². The van der Waals surface area contributed by atoms with Crippen molar-refractivity contribution in [2.24, 2.45) is 0 Å². The van der Waals surface area contributed by atoms with Crippen molar-refractivity contribution < 1.29 is 13.0 Å². The Morgan fingerprint density at radius 2 is 1.36 bits per heavy atom. The Kier molecular flexibility index (Phi) is 15.0. The molecule has 0 aromatic carbocycles. The SMILES string of the molecule is CCCCCCCCCCCCC(C)SCCCS(=O)(=O)[O-]. The van der Waals surface area contributed by atoms with E-state index in [1.54, 1.807) is 11.8 Å². The topological polar surface area (TPSA) is 57.2 Å². The summed E-state index contributed by atoms with van der Waals surface area (Å²) in [6, 6.07) is 0. The molecule has 1 unspecified atom stereocenters. The quantitative estimate of drug-likeness (QED) is 0.278. The smallest absolute Gasteiger partial charge is 0.0946 e.